The van der Waals surface area contributed by atoms with Gasteiger partial charge >= 0.3 is 12.0 Å². The fraction of sp³-hybridized carbons (Fsp3) is 0.750. The van der Waals surface area contributed by atoms with Gasteiger partial charge in [0.05, 0.1) is 14.2 Å². The Labute approximate surface area is 112 Å². The lowest BCUT2D eigenvalue weighted by atomic mass is 9.93. The van der Waals surface area contributed by atoms with Crippen LogP contribution in [0.2, 0.25) is 0 Å². The lowest BCUT2D eigenvalue weighted by molar-refractivity contribution is 0.0621. The molecular formula is C12H20N4O3. The summed E-state index contributed by atoms with van der Waals surface area (Å²) in [5, 5.41) is 3.28. The molecule has 106 valence electrons. The zero-order valence-electron chi connectivity index (χ0n) is 11.5. The lowest BCUT2D eigenvalue weighted by Gasteiger charge is -2.28. The summed E-state index contributed by atoms with van der Waals surface area (Å²) in [7, 11) is 3.03. The average molecular weight is 268 g/mol. The molecule has 1 aliphatic rings. The van der Waals surface area contributed by atoms with Crippen molar-refractivity contribution in [3.63, 3.8) is 0 Å². The van der Waals surface area contributed by atoms with Gasteiger partial charge in [0.15, 0.2) is 0 Å². The predicted octanol–water partition coefficient (Wildman–Crippen LogP) is 1.12. The van der Waals surface area contributed by atoms with E-state index in [0.717, 1.165) is 26.1 Å². The van der Waals surface area contributed by atoms with Crippen molar-refractivity contribution in [3.05, 3.63) is 0 Å². The fourth-order valence-electron chi connectivity index (χ4n) is 2.12. The third-order valence-corrected chi connectivity index (χ3v) is 3.29. The second-order valence-corrected chi connectivity index (χ2v) is 4.52. The highest BCUT2D eigenvalue weighted by Gasteiger charge is 2.21. The zero-order chi connectivity index (χ0) is 13.7. The van der Waals surface area contributed by atoms with Crippen molar-refractivity contribution in [2.45, 2.75) is 25.8 Å². The van der Waals surface area contributed by atoms with Crippen LogP contribution < -0.4 is 14.8 Å². The molecule has 1 N–H and O–H groups in total. The normalized spacial score (nSPS) is 17.8. The van der Waals surface area contributed by atoms with Gasteiger partial charge in [0.1, 0.15) is 0 Å². The van der Waals surface area contributed by atoms with Gasteiger partial charge < -0.3 is 19.5 Å². The van der Waals surface area contributed by atoms with E-state index in [1.165, 1.54) is 14.2 Å². The van der Waals surface area contributed by atoms with Crippen LogP contribution in [-0.4, -0.2) is 48.4 Å². The number of methoxy groups -OCH3 is 2. The summed E-state index contributed by atoms with van der Waals surface area (Å²) in [6.45, 7) is 3.76. The maximum absolute atomic E-state index is 5.36. The van der Waals surface area contributed by atoms with E-state index in [-0.39, 0.29) is 18.1 Å². The molecule has 2 heterocycles. The van der Waals surface area contributed by atoms with E-state index in [9.17, 15) is 0 Å². The topological polar surface area (TPSA) is 78.4 Å². The number of ether oxygens (including phenoxy) is 3. The molecule has 0 radical (unpaired) electrons. The van der Waals surface area contributed by atoms with Gasteiger partial charge in [-0.2, -0.15) is 9.97 Å². The van der Waals surface area contributed by atoms with Gasteiger partial charge in [0.25, 0.3) is 0 Å². The van der Waals surface area contributed by atoms with Gasteiger partial charge in [0, 0.05) is 19.3 Å². The quantitative estimate of drug-likeness (QED) is 0.857. The van der Waals surface area contributed by atoms with Crippen LogP contribution in [0.3, 0.4) is 0 Å². The Morgan fingerprint density at radius 3 is 2.21 bits per heavy atom. The first-order valence-corrected chi connectivity index (χ1v) is 6.41. The van der Waals surface area contributed by atoms with Crippen LogP contribution in [0.1, 0.15) is 19.8 Å². The van der Waals surface area contributed by atoms with Gasteiger partial charge in [-0.15, -0.1) is 4.98 Å². The Bertz CT molecular complexity index is 388. The molecule has 1 aromatic rings. The third kappa shape index (κ3) is 3.66. The maximum atomic E-state index is 5.36. The molecule has 0 saturated carbocycles. The smallest absolute Gasteiger partial charge is 0.324 e. The van der Waals surface area contributed by atoms with Crippen LogP contribution in [0.5, 0.6) is 12.0 Å². The highest BCUT2D eigenvalue weighted by atomic mass is 16.5. The molecule has 1 fully saturated rings. The Hall–Kier alpha value is -1.63. The van der Waals surface area contributed by atoms with Crippen LogP contribution in [-0.2, 0) is 4.74 Å². The van der Waals surface area contributed by atoms with Gasteiger partial charge in [-0.05, 0) is 25.7 Å². The summed E-state index contributed by atoms with van der Waals surface area (Å²) in [6, 6.07) is 0.753. The van der Waals surface area contributed by atoms with Crippen molar-refractivity contribution in [1.82, 2.24) is 15.0 Å². The van der Waals surface area contributed by atoms with E-state index in [1.807, 2.05) is 0 Å². The minimum Gasteiger partial charge on any atom is -0.467 e. The van der Waals surface area contributed by atoms with Crippen LogP contribution in [0.4, 0.5) is 5.95 Å². The number of nitrogens with zero attached hydrogens (tertiary/aromatic N) is 3. The SMILES string of the molecule is COc1nc(NC(C)C2CCOCC2)nc(OC)n1. The summed E-state index contributed by atoms with van der Waals surface area (Å²) >= 11 is 0. The highest BCUT2D eigenvalue weighted by molar-refractivity contribution is 5.29. The largest absolute Gasteiger partial charge is 0.467 e. The molecule has 1 atom stereocenters. The van der Waals surface area contributed by atoms with Crippen LogP contribution >= 0.6 is 0 Å². The first kappa shape index (κ1) is 13.8. The maximum Gasteiger partial charge on any atom is 0.324 e. The summed E-state index contributed by atoms with van der Waals surface area (Å²) in [4.78, 5) is 12.3. The summed E-state index contributed by atoms with van der Waals surface area (Å²) in [5.41, 5.74) is 0. The molecule has 1 saturated heterocycles. The zero-order valence-corrected chi connectivity index (χ0v) is 11.5. The number of aromatic nitrogens is 3. The van der Waals surface area contributed by atoms with Crippen LogP contribution in [0, 0.1) is 5.92 Å². The van der Waals surface area contributed by atoms with E-state index in [0.29, 0.717) is 11.9 Å². The van der Waals surface area contributed by atoms with Gasteiger partial charge in [-0.25, -0.2) is 0 Å². The van der Waals surface area contributed by atoms with Crippen molar-refractivity contribution in [2.75, 3.05) is 32.8 Å². The summed E-state index contributed by atoms with van der Waals surface area (Å²) in [6.07, 6.45) is 2.10. The number of hydrogen-bond donors (Lipinski definition) is 1. The second-order valence-electron chi connectivity index (χ2n) is 4.52. The number of nitrogens with one attached hydrogen (secondary N) is 1. The summed E-state index contributed by atoms with van der Waals surface area (Å²) in [5.74, 6) is 1.03. The van der Waals surface area contributed by atoms with Gasteiger partial charge in [-0.3, -0.25) is 0 Å². The Kier molecular flexibility index (Phi) is 4.73. The van der Waals surface area contributed by atoms with E-state index in [4.69, 9.17) is 14.2 Å². The molecular weight excluding hydrogens is 248 g/mol. The van der Waals surface area contributed by atoms with Crippen LogP contribution in [0.15, 0.2) is 0 Å². The van der Waals surface area contributed by atoms with Crippen LogP contribution in [0.25, 0.3) is 0 Å². The van der Waals surface area contributed by atoms with Gasteiger partial charge in [0.2, 0.25) is 5.95 Å². The molecule has 19 heavy (non-hydrogen) atoms. The molecule has 2 rings (SSSR count). The predicted molar refractivity (Wildman–Crippen MR) is 69.6 cm³/mol. The Balaban J connectivity index is 2.04. The Morgan fingerprint density at radius 2 is 1.68 bits per heavy atom. The highest BCUT2D eigenvalue weighted by Crippen LogP contribution is 2.21. The molecule has 0 spiro atoms. The molecule has 1 aromatic heterocycles. The lowest BCUT2D eigenvalue weighted by Crippen LogP contribution is -2.31. The van der Waals surface area contributed by atoms with Crippen molar-refractivity contribution in [1.29, 1.82) is 0 Å². The monoisotopic (exact) mass is 268 g/mol. The molecule has 0 aliphatic carbocycles. The molecule has 7 nitrogen and oxygen atoms in total. The van der Waals surface area contributed by atoms with E-state index >= 15 is 0 Å². The number of rotatable bonds is 5. The average Bonchev–Trinajstić information content (AvgIpc) is 2.47. The van der Waals surface area contributed by atoms with Crippen molar-refractivity contribution < 1.29 is 14.2 Å². The molecule has 0 aromatic carbocycles. The van der Waals surface area contributed by atoms with E-state index in [1.54, 1.807) is 0 Å². The van der Waals surface area contributed by atoms with Crippen molar-refractivity contribution in [3.8, 4) is 12.0 Å². The fourth-order valence-corrected chi connectivity index (χ4v) is 2.12. The number of hydrogen-bond acceptors (Lipinski definition) is 7. The Morgan fingerprint density at radius 1 is 1.11 bits per heavy atom. The van der Waals surface area contributed by atoms with Crippen molar-refractivity contribution in [2.24, 2.45) is 5.92 Å². The minimum absolute atomic E-state index is 0.244. The minimum atomic E-state index is 0.244. The standard InChI is InChI=1S/C12H20N4O3/c1-8(9-4-6-19-7-5-9)13-10-14-11(17-2)16-12(15-10)18-3/h8-9H,4-7H2,1-3H3,(H,13,14,15,16). The third-order valence-electron chi connectivity index (χ3n) is 3.29. The molecule has 0 amide bonds. The molecule has 7 heteroatoms. The first-order valence-electron chi connectivity index (χ1n) is 6.41. The second kappa shape index (κ2) is 6.51. The number of anilines is 1. The molecule has 0 bridgehead atoms. The summed E-state index contributed by atoms with van der Waals surface area (Å²) < 4.78 is 15.4. The first-order chi connectivity index (χ1) is 9.22. The van der Waals surface area contributed by atoms with Gasteiger partial charge in [-0.1, -0.05) is 0 Å². The van der Waals surface area contributed by atoms with E-state index < -0.39 is 0 Å². The van der Waals surface area contributed by atoms with Crippen molar-refractivity contribution >= 4 is 5.95 Å². The van der Waals surface area contributed by atoms with E-state index in [2.05, 4.69) is 27.2 Å². The molecule has 1 unspecified atom stereocenters. The molecule has 1 aliphatic heterocycles.